The highest BCUT2D eigenvalue weighted by Crippen LogP contribution is 2.20. The zero-order valence-electron chi connectivity index (χ0n) is 10.8. The SMILES string of the molecule is CC(C)(C)NC(=S)NNC(=O)c1ccc(Cl)cc1Cl. The van der Waals surface area contributed by atoms with E-state index in [2.05, 4.69) is 16.2 Å². The van der Waals surface area contributed by atoms with Crippen LogP contribution in [-0.2, 0) is 0 Å². The fraction of sp³-hybridized carbons (Fsp3) is 0.333. The Morgan fingerprint density at radius 3 is 2.37 bits per heavy atom. The number of amides is 1. The molecule has 0 aliphatic heterocycles. The van der Waals surface area contributed by atoms with E-state index in [9.17, 15) is 4.79 Å². The largest absolute Gasteiger partial charge is 0.357 e. The lowest BCUT2D eigenvalue weighted by atomic mass is 10.1. The molecule has 0 aromatic heterocycles. The summed E-state index contributed by atoms with van der Waals surface area (Å²) in [5.41, 5.74) is 5.20. The minimum absolute atomic E-state index is 0.188. The fourth-order valence-electron chi connectivity index (χ4n) is 1.23. The number of hydrogen-bond acceptors (Lipinski definition) is 2. The monoisotopic (exact) mass is 319 g/mol. The number of carbonyl (C=O) groups excluding carboxylic acids is 1. The van der Waals surface area contributed by atoms with Crippen LogP contribution in [0.4, 0.5) is 0 Å². The van der Waals surface area contributed by atoms with Crippen molar-refractivity contribution in [1.29, 1.82) is 0 Å². The van der Waals surface area contributed by atoms with E-state index < -0.39 is 0 Å². The van der Waals surface area contributed by atoms with E-state index in [1.54, 1.807) is 12.1 Å². The van der Waals surface area contributed by atoms with Gasteiger partial charge in [-0.25, -0.2) is 0 Å². The highest BCUT2D eigenvalue weighted by atomic mass is 35.5. The Kier molecular flexibility index (Phi) is 5.40. The molecule has 1 amide bonds. The lowest BCUT2D eigenvalue weighted by Crippen LogP contribution is -2.52. The van der Waals surface area contributed by atoms with E-state index in [-0.39, 0.29) is 16.5 Å². The van der Waals surface area contributed by atoms with Crippen molar-refractivity contribution in [2.45, 2.75) is 26.3 Å². The molecular weight excluding hydrogens is 305 g/mol. The maximum Gasteiger partial charge on any atom is 0.271 e. The van der Waals surface area contributed by atoms with Gasteiger partial charge < -0.3 is 5.32 Å². The van der Waals surface area contributed by atoms with E-state index in [1.807, 2.05) is 20.8 Å². The molecular formula is C12H15Cl2N3OS. The molecule has 0 spiro atoms. The van der Waals surface area contributed by atoms with E-state index in [0.717, 1.165) is 0 Å². The lowest BCUT2D eigenvalue weighted by molar-refractivity contribution is 0.0943. The molecule has 104 valence electrons. The molecule has 7 heteroatoms. The standard InChI is InChI=1S/C12H15Cl2N3OS/c1-12(2,3)15-11(19)17-16-10(18)8-5-4-7(13)6-9(8)14/h4-6H,1-3H3,(H,16,18)(H2,15,17,19). The van der Waals surface area contributed by atoms with E-state index in [1.165, 1.54) is 6.07 Å². The first kappa shape index (κ1) is 16.0. The van der Waals surface area contributed by atoms with Crippen LogP contribution in [0.3, 0.4) is 0 Å². The molecule has 0 fully saturated rings. The van der Waals surface area contributed by atoms with Crippen LogP contribution in [0.2, 0.25) is 10.0 Å². The van der Waals surface area contributed by atoms with Crippen molar-refractivity contribution in [3.8, 4) is 0 Å². The number of hydrazine groups is 1. The van der Waals surface area contributed by atoms with Crippen LogP contribution in [0.25, 0.3) is 0 Å². The van der Waals surface area contributed by atoms with Gasteiger partial charge in [-0.1, -0.05) is 23.2 Å². The third-order valence-electron chi connectivity index (χ3n) is 1.95. The molecule has 0 aliphatic rings. The molecule has 3 N–H and O–H groups in total. The zero-order chi connectivity index (χ0) is 14.6. The third kappa shape index (κ3) is 5.63. The van der Waals surface area contributed by atoms with Crippen molar-refractivity contribution >= 4 is 46.4 Å². The van der Waals surface area contributed by atoms with Gasteiger partial charge in [0.2, 0.25) is 0 Å². The molecule has 0 atom stereocenters. The highest BCUT2D eigenvalue weighted by Gasteiger charge is 2.13. The average Bonchev–Trinajstić information content (AvgIpc) is 2.23. The Morgan fingerprint density at radius 2 is 1.84 bits per heavy atom. The summed E-state index contributed by atoms with van der Waals surface area (Å²) >= 11 is 16.7. The summed E-state index contributed by atoms with van der Waals surface area (Å²) in [7, 11) is 0. The zero-order valence-corrected chi connectivity index (χ0v) is 13.1. The Labute approximate surface area is 127 Å². The second-order valence-corrected chi connectivity index (χ2v) is 6.16. The summed E-state index contributed by atoms with van der Waals surface area (Å²) in [5, 5.41) is 4.08. The molecule has 1 aromatic carbocycles. The lowest BCUT2D eigenvalue weighted by Gasteiger charge is -2.23. The number of carbonyl (C=O) groups is 1. The van der Waals surface area contributed by atoms with Gasteiger partial charge in [-0.15, -0.1) is 0 Å². The van der Waals surface area contributed by atoms with Crippen LogP contribution in [0.15, 0.2) is 18.2 Å². The molecule has 1 rings (SSSR count). The van der Waals surface area contributed by atoms with Crippen molar-refractivity contribution in [2.24, 2.45) is 0 Å². The minimum Gasteiger partial charge on any atom is -0.357 e. The van der Waals surface area contributed by atoms with Gasteiger partial charge >= 0.3 is 0 Å². The van der Waals surface area contributed by atoms with E-state index in [4.69, 9.17) is 35.4 Å². The predicted molar refractivity (Wildman–Crippen MR) is 82.6 cm³/mol. The van der Waals surface area contributed by atoms with Gasteiger partial charge in [0, 0.05) is 10.6 Å². The first-order chi connectivity index (χ1) is 8.69. The smallest absolute Gasteiger partial charge is 0.271 e. The molecule has 0 aliphatic carbocycles. The van der Waals surface area contributed by atoms with Crippen molar-refractivity contribution < 1.29 is 4.79 Å². The molecule has 0 heterocycles. The first-order valence-electron chi connectivity index (χ1n) is 5.52. The van der Waals surface area contributed by atoms with Crippen LogP contribution < -0.4 is 16.2 Å². The molecule has 0 saturated heterocycles. The molecule has 0 unspecified atom stereocenters. The normalized spacial score (nSPS) is 10.8. The number of hydrogen-bond donors (Lipinski definition) is 3. The van der Waals surface area contributed by atoms with Crippen LogP contribution in [-0.4, -0.2) is 16.6 Å². The Morgan fingerprint density at radius 1 is 1.21 bits per heavy atom. The maximum atomic E-state index is 11.9. The van der Waals surface area contributed by atoms with Crippen molar-refractivity contribution in [1.82, 2.24) is 16.2 Å². The quantitative estimate of drug-likeness (QED) is 0.550. The topological polar surface area (TPSA) is 53.2 Å². The van der Waals surface area contributed by atoms with Gasteiger partial charge in [-0.3, -0.25) is 15.6 Å². The molecule has 0 saturated carbocycles. The number of halogens is 2. The summed E-state index contributed by atoms with van der Waals surface area (Å²) in [4.78, 5) is 11.9. The predicted octanol–water partition coefficient (Wildman–Crippen LogP) is 2.90. The second kappa shape index (κ2) is 6.41. The summed E-state index contributed by atoms with van der Waals surface area (Å²) in [6.07, 6.45) is 0. The van der Waals surface area contributed by atoms with Crippen molar-refractivity contribution in [3.05, 3.63) is 33.8 Å². The van der Waals surface area contributed by atoms with Crippen molar-refractivity contribution in [2.75, 3.05) is 0 Å². The van der Waals surface area contributed by atoms with Gasteiger partial charge in [0.1, 0.15) is 0 Å². The van der Waals surface area contributed by atoms with E-state index in [0.29, 0.717) is 15.7 Å². The minimum atomic E-state index is -0.389. The van der Waals surface area contributed by atoms with Gasteiger partial charge in [-0.2, -0.15) is 0 Å². The van der Waals surface area contributed by atoms with Gasteiger partial charge in [0.15, 0.2) is 5.11 Å². The van der Waals surface area contributed by atoms with Crippen LogP contribution in [0, 0.1) is 0 Å². The number of benzene rings is 1. The molecule has 0 radical (unpaired) electrons. The van der Waals surface area contributed by atoms with Gasteiger partial charge in [0.25, 0.3) is 5.91 Å². The average molecular weight is 320 g/mol. The summed E-state index contributed by atoms with van der Waals surface area (Å²) in [5.74, 6) is -0.389. The maximum absolute atomic E-state index is 11.9. The molecule has 4 nitrogen and oxygen atoms in total. The molecule has 19 heavy (non-hydrogen) atoms. The van der Waals surface area contributed by atoms with Gasteiger partial charge in [-0.05, 0) is 51.2 Å². The van der Waals surface area contributed by atoms with Crippen LogP contribution in [0.1, 0.15) is 31.1 Å². The van der Waals surface area contributed by atoms with Crippen LogP contribution in [0.5, 0.6) is 0 Å². The first-order valence-corrected chi connectivity index (χ1v) is 6.69. The summed E-state index contributed by atoms with van der Waals surface area (Å²) in [6, 6.07) is 4.64. The number of thiocarbonyl (C=S) groups is 1. The van der Waals surface area contributed by atoms with E-state index >= 15 is 0 Å². The summed E-state index contributed by atoms with van der Waals surface area (Å²) in [6.45, 7) is 5.87. The highest BCUT2D eigenvalue weighted by molar-refractivity contribution is 7.80. The Hall–Kier alpha value is -1.04. The number of nitrogens with one attached hydrogen (secondary N) is 3. The number of rotatable bonds is 1. The van der Waals surface area contributed by atoms with Crippen LogP contribution >= 0.6 is 35.4 Å². The third-order valence-corrected chi connectivity index (χ3v) is 2.71. The Bertz CT molecular complexity index is 500. The summed E-state index contributed by atoms with van der Waals surface area (Å²) < 4.78 is 0. The van der Waals surface area contributed by atoms with Gasteiger partial charge in [0.05, 0.1) is 10.6 Å². The van der Waals surface area contributed by atoms with Crippen molar-refractivity contribution in [3.63, 3.8) is 0 Å². The molecule has 1 aromatic rings. The second-order valence-electron chi connectivity index (χ2n) is 4.91. The Balaban J connectivity index is 2.59. The molecule has 0 bridgehead atoms. The fourth-order valence-corrected chi connectivity index (χ4v) is 2.08.